The summed E-state index contributed by atoms with van der Waals surface area (Å²) >= 11 is 0. The summed E-state index contributed by atoms with van der Waals surface area (Å²) < 4.78 is 0. The molecular weight excluding hydrogens is 262 g/mol. The number of hydrogen-bond donors (Lipinski definition) is 2. The molecule has 0 aliphatic carbocycles. The Hall–Kier alpha value is -2.62. The molecule has 1 aromatic rings. The molecule has 4 heteroatoms. The van der Waals surface area contributed by atoms with Crippen LogP contribution in [0, 0.1) is 6.92 Å². The second kappa shape index (κ2) is 8.53. The molecule has 21 heavy (non-hydrogen) atoms. The number of carbonyl (C=O) groups is 1. The van der Waals surface area contributed by atoms with Crippen LogP contribution in [0.25, 0.3) is 0 Å². The standard InChI is InChI=1S/C10H13N3O.C7H8/c1-7-4-5-11-10(7)12-6-8(2)13-9(3)14;1-7-5-3-2-4-6-7/h4-6H,1H2,2-3H3,(H,11,12)(H,13,14);2-6H,1H3/b8-6+;. The van der Waals surface area contributed by atoms with Crippen LogP contribution in [0.1, 0.15) is 19.4 Å². The van der Waals surface area contributed by atoms with Crippen molar-refractivity contribution in [2.45, 2.75) is 20.8 Å². The highest BCUT2D eigenvalue weighted by Gasteiger charge is 2.03. The van der Waals surface area contributed by atoms with E-state index in [9.17, 15) is 4.79 Å². The molecule has 0 unspecified atom stereocenters. The third-order valence-corrected chi connectivity index (χ3v) is 2.51. The van der Waals surface area contributed by atoms with E-state index in [1.807, 2.05) is 24.3 Å². The summed E-state index contributed by atoms with van der Waals surface area (Å²) in [5, 5.41) is 5.55. The van der Waals surface area contributed by atoms with Gasteiger partial charge in [0.1, 0.15) is 5.84 Å². The Kier molecular flexibility index (Phi) is 6.68. The molecule has 0 spiro atoms. The summed E-state index contributed by atoms with van der Waals surface area (Å²) in [6, 6.07) is 10.3. The molecule has 0 radical (unpaired) electrons. The topological polar surface area (TPSA) is 53.5 Å². The van der Waals surface area contributed by atoms with E-state index < -0.39 is 0 Å². The zero-order chi connectivity index (χ0) is 15.7. The Morgan fingerprint density at radius 3 is 2.38 bits per heavy atom. The summed E-state index contributed by atoms with van der Waals surface area (Å²) in [6.07, 6.45) is 5.19. The first-order valence-corrected chi connectivity index (χ1v) is 6.65. The highest BCUT2D eigenvalue weighted by Crippen LogP contribution is 2.02. The van der Waals surface area contributed by atoms with Crippen LogP contribution in [0.5, 0.6) is 0 Å². The first-order valence-electron chi connectivity index (χ1n) is 6.65. The molecule has 1 aliphatic rings. The Morgan fingerprint density at radius 1 is 1.29 bits per heavy atom. The van der Waals surface area contributed by atoms with Crippen LogP contribution in [-0.2, 0) is 4.79 Å². The second-order valence-electron chi connectivity index (χ2n) is 4.63. The monoisotopic (exact) mass is 283 g/mol. The lowest BCUT2D eigenvalue weighted by atomic mass is 10.2. The third-order valence-electron chi connectivity index (χ3n) is 2.51. The van der Waals surface area contributed by atoms with Crippen LogP contribution in [0.2, 0.25) is 0 Å². The van der Waals surface area contributed by atoms with E-state index in [0.717, 1.165) is 5.57 Å². The number of allylic oxidation sites excluding steroid dienone is 1. The van der Waals surface area contributed by atoms with Crippen LogP contribution in [0.15, 0.2) is 71.6 Å². The van der Waals surface area contributed by atoms with Crippen molar-refractivity contribution in [3.8, 4) is 0 Å². The van der Waals surface area contributed by atoms with E-state index in [4.69, 9.17) is 0 Å². The van der Waals surface area contributed by atoms with Gasteiger partial charge in [-0.3, -0.25) is 4.79 Å². The summed E-state index contributed by atoms with van der Waals surface area (Å²) in [6.45, 7) is 9.09. The molecule has 1 aromatic carbocycles. The maximum atomic E-state index is 10.7. The number of nitrogens with one attached hydrogen (secondary N) is 2. The lowest BCUT2D eigenvalue weighted by Crippen LogP contribution is -2.17. The molecule has 2 rings (SSSR count). The smallest absolute Gasteiger partial charge is 0.221 e. The Labute approximate surface area is 126 Å². The van der Waals surface area contributed by atoms with Crippen molar-refractivity contribution in [3.63, 3.8) is 0 Å². The minimum atomic E-state index is -0.102. The molecule has 4 nitrogen and oxygen atoms in total. The summed E-state index contributed by atoms with van der Waals surface area (Å²) in [4.78, 5) is 14.8. The average Bonchev–Trinajstić information content (AvgIpc) is 2.83. The maximum absolute atomic E-state index is 10.7. The summed E-state index contributed by atoms with van der Waals surface area (Å²) in [5.41, 5.74) is 2.85. The van der Waals surface area contributed by atoms with Gasteiger partial charge in [-0.25, -0.2) is 4.99 Å². The number of rotatable bonds is 2. The number of amides is 1. The fraction of sp³-hybridized carbons (Fsp3) is 0.176. The van der Waals surface area contributed by atoms with Crippen molar-refractivity contribution >= 4 is 11.7 Å². The highest BCUT2D eigenvalue weighted by molar-refractivity contribution is 6.03. The van der Waals surface area contributed by atoms with Crippen molar-refractivity contribution < 1.29 is 4.79 Å². The average molecular weight is 283 g/mol. The number of benzene rings is 1. The van der Waals surface area contributed by atoms with E-state index in [-0.39, 0.29) is 5.91 Å². The molecule has 1 aliphatic heterocycles. The van der Waals surface area contributed by atoms with Gasteiger partial charge in [0.15, 0.2) is 0 Å². The number of hydrogen-bond acceptors (Lipinski definition) is 2. The normalized spacial score (nSPS) is 15.3. The van der Waals surface area contributed by atoms with E-state index in [1.165, 1.54) is 12.5 Å². The number of amidine groups is 1. The molecular formula is C17H21N3O. The van der Waals surface area contributed by atoms with Crippen LogP contribution in [-0.4, -0.2) is 11.7 Å². The zero-order valence-electron chi connectivity index (χ0n) is 12.7. The molecule has 0 atom stereocenters. The zero-order valence-corrected chi connectivity index (χ0v) is 12.7. The third kappa shape index (κ3) is 6.92. The predicted molar refractivity (Wildman–Crippen MR) is 87.6 cm³/mol. The van der Waals surface area contributed by atoms with Gasteiger partial charge < -0.3 is 10.6 Å². The van der Waals surface area contributed by atoms with Crippen molar-refractivity contribution in [1.29, 1.82) is 0 Å². The van der Waals surface area contributed by atoms with Crippen LogP contribution in [0.3, 0.4) is 0 Å². The molecule has 1 amide bonds. The van der Waals surface area contributed by atoms with Gasteiger partial charge in [-0.15, -0.1) is 0 Å². The molecule has 110 valence electrons. The molecule has 1 heterocycles. The van der Waals surface area contributed by atoms with Gasteiger partial charge in [0.05, 0.1) is 0 Å². The van der Waals surface area contributed by atoms with Gasteiger partial charge in [0, 0.05) is 30.6 Å². The first-order chi connectivity index (χ1) is 9.99. The minimum absolute atomic E-state index is 0.102. The van der Waals surface area contributed by atoms with E-state index >= 15 is 0 Å². The molecule has 0 bridgehead atoms. The Morgan fingerprint density at radius 2 is 1.95 bits per heavy atom. The number of aliphatic imine (C=N–C) groups is 1. The first kappa shape index (κ1) is 16.4. The van der Waals surface area contributed by atoms with Crippen LogP contribution < -0.4 is 10.6 Å². The maximum Gasteiger partial charge on any atom is 0.221 e. The molecule has 2 N–H and O–H groups in total. The summed E-state index contributed by atoms with van der Waals surface area (Å²) in [7, 11) is 0. The molecule has 0 saturated heterocycles. The molecule has 0 fully saturated rings. The number of nitrogens with zero attached hydrogens (tertiary/aromatic N) is 1. The van der Waals surface area contributed by atoms with Crippen molar-refractivity contribution in [1.82, 2.24) is 10.6 Å². The van der Waals surface area contributed by atoms with E-state index in [1.54, 1.807) is 19.3 Å². The molecule has 0 saturated carbocycles. The van der Waals surface area contributed by atoms with Crippen molar-refractivity contribution in [2.75, 3.05) is 0 Å². The van der Waals surface area contributed by atoms with Gasteiger partial charge in [-0.05, 0) is 19.9 Å². The van der Waals surface area contributed by atoms with Gasteiger partial charge in [0.25, 0.3) is 0 Å². The van der Waals surface area contributed by atoms with Crippen LogP contribution >= 0.6 is 0 Å². The lowest BCUT2D eigenvalue weighted by Gasteiger charge is -2.00. The molecule has 0 aromatic heterocycles. The second-order valence-corrected chi connectivity index (χ2v) is 4.63. The fourth-order valence-corrected chi connectivity index (χ4v) is 1.52. The number of carbonyl (C=O) groups excluding carboxylic acids is 1. The Balaban J connectivity index is 0.000000262. The number of aryl methyl sites for hydroxylation is 1. The van der Waals surface area contributed by atoms with Gasteiger partial charge in [0.2, 0.25) is 5.91 Å². The van der Waals surface area contributed by atoms with Crippen molar-refractivity contribution in [2.24, 2.45) is 4.99 Å². The van der Waals surface area contributed by atoms with Crippen molar-refractivity contribution in [3.05, 3.63) is 72.2 Å². The fourth-order valence-electron chi connectivity index (χ4n) is 1.52. The largest absolute Gasteiger partial charge is 0.346 e. The van der Waals surface area contributed by atoms with Gasteiger partial charge in [-0.1, -0.05) is 42.5 Å². The minimum Gasteiger partial charge on any atom is -0.346 e. The summed E-state index contributed by atoms with van der Waals surface area (Å²) in [5.74, 6) is 0.602. The predicted octanol–water partition coefficient (Wildman–Crippen LogP) is 3.05. The van der Waals surface area contributed by atoms with Gasteiger partial charge >= 0.3 is 0 Å². The van der Waals surface area contributed by atoms with Gasteiger partial charge in [-0.2, -0.15) is 0 Å². The lowest BCUT2D eigenvalue weighted by molar-refractivity contribution is -0.118. The Bertz CT molecular complexity index is 583. The van der Waals surface area contributed by atoms with Crippen LogP contribution in [0.4, 0.5) is 0 Å². The van der Waals surface area contributed by atoms with E-state index in [0.29, 0.717) is 11.5 Å². The highest BCUT2D eigenvalue weighted by atomic mass is 16.1. The quantitative estimate of drug-likeness (QED) is 0.876. The van der Waals surface area contributed by atoms with E-state index in [2.05, 4.69) is 41.3 Å². The SMILES string of the molecule is C=C1C=CNC1=N/C=C(\C)NC(C)=O.Cc1ccccc1.